The number of nitrogens with zero attached hydrogens (tertiary/aromatic N) is 1. The minimum Gasteiger partial charge on any atom is -0.338 e. The molecule has 0 saturated carbocycles. The summed E-state index contributed by atoms with van der Waals surface area (Å²) in [5.41, 5.74) is 2.22. The molecule has 0 aliphatic carbocycles. The quantitative estimate of drug-likeness (QED) is 0.715. The molecule has 24 heavy (non-hydrogen) atoms. The van der Waals surface area contributed by atoms with Crippen LogP contribution in [-0.2, 0) is 4.79 Å². The lowest BCUT2D eigenvalue weighted by atomic mass is 10.1. The molecule has 1 unspecified atom stereocenters. The second-order valence-corrected chi connectivity index (χ2v) is 7.46. The number of amides is 1. The number of hydrogen-bond acceptors (Lipinski definition) is 2. The van der Waals surface area contributed by atoms with E-state index in [2.05, 4.69) is 24.3 Å². The Bertz CT molecular complexity index is 717. The molecule has 0 spiro atoms. The normalized spacial score (nSPS) is 18.5. The molecular formula is C20H20ClNOS. The van der Waals surface area contributed by atoms with Gasteiger partial charge in [0.1, 0.15) is 0 Å². The van der Waals surface area contributed by atoms with Gasteiger partial charge in [-0.3, -0.25) is 4.79 Å². The van der Waals surface area contributed by atoms with E-state index in [1.54, 1.807) is 12.2 Å². The van der Waals surface area contributed by atoms with E-state index in [9.17, 15) is 4.79 Å². The largest absolute Gasteiger partial charge is 0.338 e. The monoisotopic (exact) mass is 357 g/mol. The Labute approximate surface area is 152 Å². The molecule has 1 fully saturated rings. The van der Waals surface area contributed by atoms with Crippen LogP contribution in [0.1, 0.15) is 22.8 Å². The molecule has 4 heteroatoms. The zero-order chi connectivity index (χ0) is 16.8. The average molecular weight is 358 g/mol. The molecule has 0 N–H and O–H groups in total. The maximum absolute atomic E-state index is 12.5. The number of carbonyl (C=O) groups is 1. The molecule has 2 nitrogen and oxygen atoms in total. The van der Waals surface area contributed by atoms with Crippen molar-refractivity contribution in [2.24, 2.45) is 0 Å². The Morgan fingerprint density at radius 2 is 1.83 bits per heavy atom. The van der Waals surface area contributed by atoms with Crippen LogP contribution in [0.3, 0.4) is 0 Å². The third-order valence-corrected chi connectivity index (χ3v) is 5.81. The van der Waals surface area contributed by atoms with Crippen molar-refractivity contribution in [1.29, 1.82) is 0 Å². The van der Waals surface area contributed by atoms with Crippen molar-refractivity contribution in [1.82, 2.24) is 4.90 Å². The van der Waals surface area contributed by atoms with Crippen molar-refractivity contribution in [3.63, 3.8) is 0 Å². The minimum atomic E-state index is 0.0595. The summed E-state index contributed by atoms with van der Waals surface area (Å²) in [6.45, 7) is 1.58. The topological polar surface area (TPSA) is 20.3 Å². The molecule has 1 heterocycles. The van der Waals surface area contributed by atoms with Crippen molar-refractivity contribution in [3.05, 3.63) is 76.8 Å². The van der Waals surface area contributed by atoms with Crippen molar-refractivity contribution in [3.8, 4) is 0 Å². The summed E-state index contributed by atoms with van der Waals surface area (Å²) in [6.07, 6.45) is 4.42. The summed E-state index contributed by atoms with van der Waals surface area (Å²) in [4.78, 5) is 14.4. The van der Waals surface area contributed by atoms with Gasteiger partial charge in [0.2, 0.25) is 5.91 Å². The molecule has 1 amide bonds. The molecule has 2 aromatic rings. The maximum Gasteiger partial charge on any atom is 0.246 e. The van der Waals surface area contributed by atoms with Gasteiger partial charge in [-0.2, -0.15) is 11.8 Å². The standard InChI is InChI=1S/C20H20ClNOS/c21-18-9-5-4-6-16(18)10-11-20(23)22-13-12-19(24-15-14-22)17-7-2-1-3-8-17/h1-11,19H,12-15H2/b11-10+. The van der Waals surface area contributed by atoms with Crippen LogP contribution >= 0.6 is 23.4 Å². The Balaban J connectivity index is 1.61. The molecular weight excluding hydrogens is 338 g/mol. The molecule has 1 atom stereocenters. The van der Waals surface area contributed by atoms with Gasteiger partial charge < -0.3 is 4.90 Å². The molecule has 0 aromatic heterocycles. The molecule has 1 saturated heterocycles. The third kappa shape index (κ3) is 4.43. The number of rotatable bonds is 3. The summed E-state index contributed by atoms with van der Waals surface area (Å²) in [6, 6.07) is 18.1. The fourth-order valence-electron chi connectivity index (χ4n) is 2.80. The van der Waals surface area contributed by atoms with Crippen LogP contribution in [0, 0.1) is 0 Å². The molecule has 1 aliphatic heterocycles. The number of carbonyl (C=O) groups excluding carboxylic acids is 1. The summed E-state index contributed by atoms with van der Waals surface area (Å²) in [5, 5.41) is 1.13. The van der Waals surface area contributed by atoms with Gasteiger partial charge in [0, 0.05) is 35.2 Å². The summed E-state index contributed by atoms with van der Waals surface area (Å²) in [5.74, 6) is 1.02. The summed E-state index contributed by atoms with van der Waals surface area (Å²) in [7, 11) is 0. The predicted molar refractivity (Wildman–Crippen MR) is 103 cm³/mol. The van der Waals surface area contributed by atoms with Crippen molar-refractivity contribution in [2.75, 3.05) is 18.8 Å². The van der Waals surface area contributed by atoms with E-state index in [1.165, 1.54) is 5.56 Å². The van der Waals surface area contributed by atoms with Gasteiger partial charge in [-0.25, -0.2) is 0 Å². The van der Waals surface area contributed by atoms with Gasteiger partial charge in [0.05, 0.1) is 0 Å². The van der Waals surface area contributed by atoms with Crippen molar-refractivity contribution >= 4 is 35.3 Å². The van der Waals surface area contributed by atoms with E-state index in [4.69, 9.17) is 11.6 Å². The lowest BCUT2D eigenvalue weighted by Gasteiger charge is -2.18. The Morgan fingerprint density at radius 3 is 2.62 bits per heavy atom. The Hall–Kier alpha value is -1.71. The second kappa shape index (κ2) is 8.41. The number of halogens is 1. The van der Waals surface area contributed by atoms with E-state index < -0.39 is 0 Å². The van der Waals surface area contributed by atoms with Crippen LogP contribution in [0.25, 0.3) is 6.08 Å². The maximum atomic E-state index is 12.5. The van der Waals surface area contributed by atoms with Crippen LogP contribution in [0.2, 0.25) is 5.02 Å². The molecule has 2 aromatic carbocycles. The molecule has 1 aliphatic rings. The number of hydrogen-bond donors (Lipinski definition) is 0. The first kappa shape index (κ1) is 17.1. The van der Waals surface area contributed by atoms with Gasteiger partial charge in [-0.15, -0.1) is 0 Å². The molecule has 124 valence electrons. The SMILES string of the molecule is O=C(/C=C/c1ccccc1Cl)N1CCSC(c2ccccc2)CC1. The van der Waals surface area contributed by atoms with E-state index in [1.807, 2.05) is 47.0 Å². The lowest BCUT2D eigenvalue weighted by molar-refractivity contribution is -0.125. The first-order valence-corrected chi connectivity index (χ1v) is 9.55. The molecule has 0 radical (unpaired) electrons. The van der Waals surface area contributed by atoms with E-state index in [0.717, 1.165) is 30.8 Å². The van der Waals surface area contributed by atoms with Gasteiger partial charge in [-0.1, -0.05) is 60.1 Å². The van der Waals surface area contributed by atoms with Crippen LogP contribution in [0.4, 0.5) is 0 Å². The van der Waals surface area contributed by atoms with E-state index in [0.29, 0.717) is 10.3 Å². The Kier molecular flexibility index (Phi) is 6.00. The van der Waals surface area contributed by atoms with E-state index in [-0.39, 0.29) is 5.91 Å². The Morgan fingerprint density at radius 1 is 1.08 bits per heavy atom. The predicted octanol–water partition coefficient (Wildman–Crippen LogP) is 5.06. The van der Waals surface area contributed by atoms with Crippen LogP contribution < -0.4 is 0 Å². The first-order valence-electron chi connectivity index (χ1n) is 8.12. The zero-order valence-electron chi connectivity index (χ0n) is 13.4. The highest BCUT2D eigenvalue weighted by atomic mass is 35.5. The van der Waals surface area contributed by atoms with Gasteiger partial charge in [0.15, 0.2) is 0 Å². The number of thioether (sulfide) groups is 1. The highest BCUT2D eigenvalue weighted by Gasteiger charge is 2.20. The lowest BCUT2D eigenvalue weighted by Crippen LogP contribution is -2.31. The smallest absolute Gasteiger partial charge is 0.246 e. The summed E-state index contributed by atoms with van der Waals surface area (Å²) < 4.78 is 0. The second-order valence-electron chi connectivity index (χ2n) is 5.74. The van der Waals surface area contributed by atoms with E-state index >= 15 is 0 Å². The van der Waals surface area contributed by atoms with Gasteiger partial charge in [-0.05, 0) is 29.7 Å². The van der Waals surface area contributed by atoms with Crippen molar-refractivity contribution in [2.45, 2.75) is 11.7 Å². The average Bonchev–Trinajstić information content (AvgIpc) is 2.88. The molecule has 3 rings (SSSR count). The highest BCUT2D eigenvalue weighted by Crippen LogP contribution is 2.34. The van der Waals surface area contributed by atoms with Crippen molar-refractivity contribution < 1.29 is 4.79 Å². The minimum absolute atomic E-state index is 0.0595. The number of benzene rings is 2. The van der Waals surface area contributed by atoms with Gasteiger partial charge in [0.25, 0.3) is 0 Å². The third-order valence-electron chi connectivity index (χ3n) is 4.14. The van der Waals surface area contributed by atoms with Crippen LogP contribution in [0.5, 0.6) is 0 Å². The highest BCUT2D eigenvalue weighted by molar-refractivity contribution is 7.99. The fourth-order valence-corrected chi connectivity index (χ4v) is 4.23. The summed E-state index contributed by atoms with van der Waals surface area (Å²) >= 11 is 8.06. The first-order chi connectivity index (χ1) is 11.7. The van der Waals surface area contributed by atoms with Crippen LogP contribution in [0.15, 0.2) is 60.7 Å². The fraction of sp³-hybridized carbons (Fsp3) is 0.250. The van der Waals surface area contributed by atoms with Crippen LogP contribution in [-0.4, -0.2) is 29.6 Å². The van der Waals surface area contributed by atoms with Gasteiger partial charge >= 0.3 is 0 Å². The molecule has 0 bridgehead atoms. The zero-order valence-corrected chi connectivity index (χ0v) is 15.0.